The Morgan fingerprint density at radius 2 is 2.06 bits per heavy atom. The van der Waals surface area contributed by atoms with Crippen molar-refractivity contribution in [2.75, 3.05) is 12.4 Å². The van der Waals surface area contributed by atoms with Gasteiger partial charge in [-0.1, -0.05) is 18.7 Å². The molecule has 1 aromatic carbocycles. The van der Waals surface area contributed by atoms with Crippen molar-refractivity contribution in [3.63, 3.8) is 0 Å². The maximum atomic E-state index is 13.1. The number of hydrogen-bond acceptors (Lipinski definition) is 6. The average molecular weight is 491 g/mol. The van der Waals surface area contributed by atoms with Gasteiger partial charge in [0.25, 0.3) is 0 Å². The predicted octanol–water partition coefficient (Wildman–Crippen LogP) is 3.67. The number of primary sulfonamides is 1. The second kappa shape index (κ2) is 9.61. The lowest BCUT2D eigenvalue weighted by Gasteiger charge is -2.14. The Balaban J connectivity index is 1.55. The highest BCUT2D eigenvalue weighted by Gasteiger charge is 2.22. The minimum atomic E-state index is -3.81. The highest BCUT2D eigenvalue weighted by Crippen LogP contribution is 2.28. The third-order valence-electron chi connectivity index (χ3n) is 6.08. The largest absolute Gasteiger partial charge is 0.376 e. The van der Waals surface area contributed by atoms with E-state index in [1.54, 1.807) is 6.07 Å². The molecule has 1 atom stereocenters. The second-order valence-corrected chi connectivity index (χ2v) is 11.0. The van der Waals surface area contributed by atoms with Crippen molar-refractivity contribution in [2.45, 2.75) is 69.3 Å². The summed E-state index contributed by atoms with van der Waals surface area (Å²) in [6, 6.07) is 6.67. The molecule has 8 nitrogen and oxygen atoms in total. The minimum Gasteiger partial charge on any atom is -0.376 e. The molecule has 3 aromatic rings. The Kier molecular flexibility index (Phi) is 6.99. The Hall–Kier alpha value is -2.14. The van der Waals surface area contributed by atoms with Crippen molar-refractivity contribution in [1.29, 1.82) is 0 Å². The van der Waals surface area contributed by atoms with Crippen LogP contribution < -0.4 is 5.14 Å². The van der Waals surface area contributed by atoms with E-state index in [-0.39, 0.29) is 22.5 Å². The number of ketones is 1. The van der Waals surface area contributed by atoms with Gasteiger partial charge >= 0.3 is 0 Å². The minimum absolute atomic E-state index is 0.0301. The summed E-state index contributed by atoms with van der Waals surface area (Å²) in [6.45, 7) is 8.38. The summed E-state index contributed by atoms with van der Waals surface area (Å²) in [5.41, 5.74) is 4.14. The van der Waals surface area contributed by atoms with Gasteiger partial charge in [-0.05, 0) is 57.4 Å². The molecule has 0 spiro atoms. The van der Waals surface area contributed by atoms with Gasteiger partial charge in [0, 0.05) is 36.6 Å². The first-order chi connectivity index (χ1) is 15.7. The highest BCUT2D eigenvalue weighted by molar-refractivity contribution is 7.99. The van der Waals surface area contributed by atoms with E-state index < -0.39 is 10.0 Å². The third-order valence-corrected chi connectivity index (χ3v) is 7.96. The first kappa shape index (κ1) is 24.0. The number of fused-ring (bicyclic) bond motifs is 1. The topological polar surface area (TPSA) is 109 Å². The van der Waals surface area contributed by atoms with Gasteiger partial charge in [0.2, 0.25) is 10.0 Å². The number of nitrogens with two attached hydrogens (primary N) is 1. The summed E-state index contributed by atoms with van der Waals surface area (Å²) in [4.78, 5) is 17.8. The van der Waals surface area contributed by atoms with Gasteiger partial charge in [-0.2, -0.15) is 0 Å². The van der Waals surface area contributed by atoms with E-state index >= 15 is 0 Å². The van der Waals surface area contributed by atoms with Crippen molar-refractivity contribution in [3.8, 4) is 0 Å². The molecule has 0 saturated carbocycles. The van der Waals surface area contributed by atoms with Crippen LogP contribution in [-0.4, -0.2) is 46.8 Å². The average Bonchev–Trinajstić information content (AvgIpc) is 3.47. The fourth-order valence-electron chi connectivity index (χ4n) is 4.38. The van der Waals surface area contributed by atoms with Crippen LogP contribution in [0, 0.1) is 13.8 Å². The normalized spacial score (nSPS) is 16.7. The summed E-state index contributed by atoms with van der Waals surface area (Å²) in [6.07, 6.45) is 3.23. The summed E-state index contributed by atoms with van der Waals surface area (Å²) < 4.78 is 33.4. The highest BCUT2D eigenvalue weighted by atomic mass is 32.2. The molecule has 0 unspecified atom stereocenters. The Bertz CT molecular complexity index is 1290. The molecular formula is C23H30N4O4S2. The number of nitrogens with zero attached hydrogens (tertiary/aromatic N) is 3. The lowest BCUT2D eigenvalue weighted by Crippen LogP contribution is -2.17. The van der Waals surface area contributed by atoms with E-state index in [1.165, 1.54) is 23.9 Å². The maximum absolute atomic E-state index is 13.1. The second-order valence-electron chi connectivity index (χ2n) is 8.48. The number of hydrogen-bond donors (Lipinski definition) is 1. The standard InChI is InChI=1S/C23H30N4O4S2/c1-4-9-26-21-8-7-18(33(24,29)30)12-20(21)25-23(26)32-14-22(28)19-11-15(2)27(16(19)3)13-17-6-5-10-31-17/h7-8,11-12,17H,4-6,9-10,13-14H2,1-3H3,(H2,24,29,30)/t17-/m0/s1. The Morgan fingerprint density at radius 3 is 2.73 bits per heavy atom. The number of thioether (sulfide) groups is 1. The number of aryl methyl sites for hydroxylation is 2. The zero-order chi connectivity index (χ0) is 23.8. The molecule has 2 N–H and O–H groups in total. The van der Waals surface area contributed by atoms with Crippen LogP contribution in [0.4, 0.5) is 0 Å². The van der Waals surface area contributed by atoms with Crippen LogP contribution in [0.25, 0.3) is 11.0 Å². The van der Waals surface area contributed by atoms with Crippen molar-refractivity contribution in [3.05, 3.63) is 41.2 Å². The smallest absolute Gasteiger partial charge is 0.238 e. The molecule has 0 amide bonds. The molecule has 0 aliphatic carbocycles. The summed E-state index contributed by atoms with van der Waals surface area (Å²) in [5.74, 6) is 0.297. The molecule has 10 heteroatoms. The number of ether oxygens (including phenoxy) is 1. The number of benzene rings is 1. The SMILES string of the molecule is CCCn1c(SCC(=O)c2cc(C)n(C[C@@H]3CCCO3)c2C)nc2cc(S(N)(=O)=O)ccc21. The number of imidazole rings is 1. The summed E-state index contributed by atoms with van der Waals surface area (Å²) >= 11 is 1.37. The number of rotatable bonds is 9. The lowest BCUT2D eigenvalue weighted by atomic mass is 10.2. The number of sulfonamides is 1. The maximum Gasteiger partial charge on any atom is 0.238 e. The number of Topliss-reactive ketones (excluding diaryl/α,β-unsaturated/α-hetero) is 1. The molecule has 33 heavy (non-hydrogen) atoms. The van der Waals surface area contributed by atoms with Crippen molar-refractivity contribution in [1.82, 2.24) is 14.1 Å². The molecule has 3 heterocycles. The van der Waals surface area contributed by atoms with E-state index in [4.69, 9.17) is 9.88 Å². The van der Waals surface area contributed by atoms with Crippen LogP contribution in [0.3, 0.4) is 0 Å². The van der Waals surface area contributed by atoms with Crippen LogP contribution >= 0.6 is 11.8 Å². The van der Waals surface area contributed by atoms with E-state index in [1.807, 2.05) is 24.5 Å². The molecule has 1 fully saturated rings. The van der Waals surface area contributed by atoms with Gasteiger partial charge in [0.15, 0.2) is 10.9 Å². The summed E-state index contributed by atoms with van der Waals surface area (Å²) in [5, 5.41) is 5.97. The summed E-state index contributed by atoms with van der Waals surface area (Å²) in [7, 11) is -3.81. The van der Waals surface area contributed by atoms with E-state index in [2.05, 4.69) is 16.5 Å². The fraction of sp³-hybridized carbons (Fsp3) is 0.478. The third kappa shape index (κ3) is 5.03. The molecule has 0 radical (unpaired) electrons. The number of aromatic nitrogens is 3. The Morgan fingerprint density at radius 1 is 1.27 bits per heavy atom. The zero-order valence-electron chi connectivity index (χ0n) is 19.2. The van der Waals surface area contributed by atoms with Crippen LogP contribution in [0.5, 0.6) is 0 Å². The molecule has 178 valence electrons. The molecule has 4 rings (SSSR count). The van der Waals surface area contributed by atoms with Gasteiger partial charge < -0.3 is 13.9 Å². The first-order valence-corrected chi connectivity index (χ1v) is 13.7. The predicted molar refractivity (Wildman–Crippen MR) is 129 cm³/mol. The van der Waals surface area contributed by atoms with E-state index in [0.717, 1.165) is 61.4 Å². The molecule has 1 aliphatic heterocycles. The van der Waals surface area contributed by atoms with E-state index in [0.29, 0.717) is 10.7 Å². The van der Waals surface area contributed by atoms with Gasteiger partial charge in [-0.3, -0.25) is 4.79 Å². The van der Waals surface area contributed by atoms with Crippen molar-refractivity contribution < 1.29 is 17.9 Å². The van der Waals surface area contributed by atoms with Crippen LogP contribution in [0.1, 0.15) is 47.9 Å². The quantitative estimate of drug-likeness (QED) is 0.362. The molecule has 2 aromatic heterocycles. The fourth-order valence-corrected chi connectivity index (χ4v) is 5.84. The monoisotopic (exact) mass is 490 g/mol. The van der Waals surface area contributed by atoms with Crippen LogP contribution in [0.15, 0.2) is 34.3 Å². The van der Waals surface area contributed by atoms with Crippen LogP contribution in [0.2, 0.25) is 0 Å². The van der Waals surface area contributed by atoms with Gasteiger partial charge in [0.1, 0.15) is 0 Å². The van der Waals surface area contributed by atoms with Crippen molar-refractivity contribution >= 4 is 38.6 Å². The molecular weight excluding hydrogens is 460 g/mol. The van der Waals surface area contributed by atoms with Gasteiger partial charge in [-0.25, -0.2) is 18.5 Å². The molecule has 1 saturated heterocycles. The molecule has 1 aliphatic rings. The number of carbonyl (C=O) groups excluding carboxylic acids is 1. The van der Waals surface area contributed by atoms with Crippen LogP contribution in [-0.2, 0) is 27.8 Å². The first-order valence-electron chi connectivity index (χ1n) is 11.2. The number of carbonyl (C=O) groups is 1. The Labute approximate surface area is 198 Å². The molecule has 0 bridgehead atoms. The van der Waals surface area contributed by atoms with Gasteiger partial charge in [-0.15, -0.1) is 0 Å². The van der Waals surface area contributed by atoms with Gasteiger partial charge in [0.05, 0.1) is 27.8 Å². The zero-order valence-corrected chi connectivity index (χ0v) is 20.8. The van der Waals surface area contributed by atoms with Crippen molar-refractivity contribution in [2.24, 2.45) is 5.14 Å². The lowest BCUT2D eigenvalue weighted by molar-refractivity contribution is 0.0957. The van der Waals surface area contributed by atoms with E-state index in [9.17, 15) is 13.2 Å².